The number of rotatable bonds is 4. The fraction of sp³-hybridized carbons (Fsp3) is 0.556. The second-order valence-corrected chi connectivity index (χ2v) is 8.35. The zero-order chi connectivity index (χ0) is 16.9. The molecule has 3 rings (SSSR count). The van der Waals surface area contributed by atoms with Gasteiger partial charge in [0.15, 0.2) is 5.17 Å². The lowest BCUT2D eigenvalue weighted by Gasteiger charge is -2.30. The van der Waals surface area contributed by atoms with Crippen molar-refractivity contribution in [1.82, 2.24) is 4.90 Å². The summed E-state index contributed by atoms with van der Waals surface area (Å²) in [7, 11) is 2.05. The Morgan fingerprint density at radius 2 is 1.88 bits per heavy atom. The number of anilines is 1. The molecule has 1 amide bonds. The first-order chi connectivity index (χ1) is 11.7. The summed E-state index contributed by atoms with van der Waals surface area (Å²) in [5, 5.41) is 1.08. The summed E-state index contributed by atoms with van der Waals surface area (Å²) in [6, 6.07) is 8.33. The molecule has 1 aliphatic carbocycles. The van der Waals surface area contributed by atoms with Crippen LogP contribution in [-0.2, 0) is 4.79 Å². The zero-order valence-electron chi connectivity index (χ0n) is 14.0. The first-order valence-corrected chi connectivity index (χ1v) is 10.4. The van der Waals surface area contributed by atoms with Gasteiger partial charge >= 0.3 is 0 Å². The third-order valence-corrected chi connectivity index (χ3v) is 6.43. The monoisotopic (exact) mass is 409 g/mol. The number of hydrogen-bond acceptors (Lipinski definition) is 3. The lowest BCUT2D eigenvalue weighted by Crippen LogP contribution is -2.45. The summed E-state index contributed by atoms with van der Waals surface area (Å²) in [4.78, 5) is 20.7. The number of aliphatic imine (C=N–C) groups is 1. The highest BCUT2D eigenvalue weighted by atomic mass is 79.9. The van der Waals surface area contributed by atoms with Crippen molar-refractivity contribution in [3.8, 4) is 0 Å². The summed E-state index contributed by atoms with van der Waals surface area (Å²) in [6.45, 7) is 0. The predicted octanol–water partition coefficient (Wildman–Crippen LogP) is 4.50. The van der Waals surface area contributed by atoms with Crippen LogP contribution in [0.5, 0.6) is 0 Å². The Kier molecular flexibility index (Phi) is 6.22. The van der Waals surface area contributed by atoms with E-state index in [2.05, 4.69) is 27.9 Å². The Bertz CT molecular complexity index is 584. The summed E-state index contributed by atoms with van der Waals surface area (Å²) in [5.74, 6) is 0.858. The van der Waals surface area contributed by atoms with Crippen LogP contribution in [-0.4, -0.2) is 41.5 Å². The third kappa shape index (κ3) is 4.14. The van der Waals surface area contributed by atoms with Crippen molar-refractivity contribution in [2.24, 2.45) is 4.99 Å². The highest BCUT2D eigenvalue weighted by molar-refractivity contribution is 9.10. The molecule has 2 aliphatic rings. The fourth-order valence-electron chi connectivity index (χ4n) is 3.34. The van der Waals surface area contributed by atoms with Gasteiger partial charge in [-0.3, -0.25) is 14.7 Å². The number of carbonyl (C=O) groups is 1. The molecule has 130 valence electrons. The number of nitrogens with zero attached hydrogens (tertiary/aromatic N) is 3. The van der Waals surface area contributed by atoms with E-state index in [4.69, 9.17) is 4.99 Å². The molecule has 0 aromatic heterocycles. The van der Waals surface area contributed by atoms with Gasteiger partial charge in [0.1, 0.15) is 6.17 Å². The zero-order valence-corrected chi connectivity index (χ0v) is 16.4. The van der Waals surface area contributed by atoms with E-state index >= 15 is 0 Å². The maximum atomic E-state index is 11.7. The van der Waals surface area contributed by atoms with Crippen molar-refractivity contribution in [1.29, 1.82) is 0 Å². The van der Waals surface area contributed by atoms with E-state index in [0.29, 0.717) is 6.04 Å². The van der Waals surface area contributed by atoms with Gasteiger partial charge in [-0.15, -0.1) is 0 Å². The topological polar surface area (TPSA) is 35.9 Å². The summed E-state index contributed by atoms with van der Waals surface area (Å²) < 4.78 is 1.02. The van der Waals surface area contributed by atoms with Crippen LogP contribution in [0.1, 0.15) is 38.5 Å². The van der Waals surface area contributed by atoms with E-state index in [1.807, 2.05) is 24.3 Å². The average Bonchev–Trinajstić information content (AvgIpc) is 2.79. The molecule has 1 saturated carbocycles. The van der Waals surface area contributed by atoms with E-state index in [1.165, 1.54) is 38.5 Å². The molecule has 1 heterocycles. The first kappa shape index (κ1) is 17.8. The van der Waals surface area contributed by atoms with Crippen molar-refractivity contribution < 1.29 is 4.79 Å². The van der Waals surface area contributed by atoms with Crippen LogP contribution in [0, 0.1) is 0 Å². The molecule has 1 aromatic rings. The lowest BCUT2D eigenvalue weighted by atomic mass is 10.1. The van der Waals surface area contributed by atoms with Gasteiger partial charge in [0.05, 0.1) is 6.04 Å². The van der Waals surface area contributed by atoms with E-state index in [9.17, 15) is 4.79 Å². The summed E-state index contributed by atoms with van der Waals surface area (Å²) in [6.07, 6.45) is 8.62. The van der Waals surface area contributed by atoms with Crippen molar-refractivity contribution in [3.63, 3.8) is 0 Å². The molecule has 6 heteroatoms. The van der Waals surface area contributed by atoms with E-state index in [-0.39, 0.29) is 6.17 Å². The van der Waals surface area contributed by atoms with Gasteiger partial charge in [-0.05, 0) is 37.1 Å². The van der Waals surface area contributed by atoms with Crippen molar-refractivity contribution in [2.75, 3.05) is 17.7 Å². The number of thioether (sulfide) groups is 1. The Morgan fingerprint density at radius 3 is 2.50 bits per heavy atom. The standard InChI is InChI=1S/C18H24BrN3OS/c1-21-17(22(13-23)16-10-8-14(19)9-11-16)12-24-18(21)20-15-6-4-2-3-5-7-15/h8-11,13,15,17H,2-7,12H2,1H3. The molecule has 1 saturated heterocycles. The SMILES string of the molecule is CN1C(=NC2CCCCCC2)SCC1N(C=O)c1ccc(Br)cc1. The molecular weight excluding hydrogens is 386 g/mol. The molecule has 0 radical (unpaired) electrons. The second-order valence-electron chi connectivity index (χ2n) is 6.45. The third-order valence-electron chi connectivity index (χ3n) is 4.79. The normalized spacial score (nSPS) is 24.2. The maximum absolute atomic E-state index is 11.7. The Labute approximate surface area is 156 Å². The van der Waals surface area contributed by atoms with E-state index in [1.54, 1.807) is 16.7 Å². The molecular formula is C18H24BrN3OS. The minimum absolute atomic E-state index is 0.0261. The summed E-state index contributed by atoms with van der Waals surface area (Å²) >= 11 is 5.21. The van der Waals surface area contributed by atoms with Crippen molar-refractivity contribution in [2.45, 2.75) is 50.7 Å². The van der Waals surface area contributed by atoms with Crippen LogP contribution in [0.3, 0.4) is 0 Å². The largest absolute Gasteiger partial charge is 0.333 e. The highest BCUT2D eigenvalue weighted by Crippen LogP contribution is 2.30. The smallest absolute Gasteiger partial charge is 0.215 e. The van der Waals surface area contributed by atoms with E-state index in [0.717, 1.165) is 27.5 Å². The molecule has 0 N–H and O–H groups in total. The van der Waals surface area contributed by atoms with Crippen LogP contribution in [0.4, 0.5) is 5.69 Å². The number of amides is 1. The maximum Gasteiger partial charge on any atom is 0.215 e. The Hall–Kier alpha value is -1.01. The number of hydrogen-bond donors (Lipinski definition) is 0. The predicted molar refractivity (Wildman–Crippen MR) is 106 cm³/mol. The van der Waals surface area contributed by atoms with Gasteiger partial charge in [0, 0.05) is 23.0 Å². The molecule has 1 unspecified atom stereocenters. The highest BCUT2D eigenvalue weighted by Gasteiger charge is 2.32. The van der Waals surface area contributed by atoms with Gasteiger partial charge in [0.25, 0.3) is 0 Å². The first-order valence-electron chi connectivity index (χ1n) is 8.61. The van der Waals surface area contributed by atoms with Gasteiger partial charge in [-0.2, -0.15) is 0 Å². The molecule has 0 bridgehead atoms. The van der Waals surface area contributed by atoms with Gasteiger partial charge in [-0.1, -0.05) is 53.4 Å². The minimum atomic E-state index is 0.0261. The molecule has 4 nitrogen and oxygen atoms in total. The molecule has 2 fully saturated rings. The molecule has 0 spiro atoms. The van der Waals surface area contributed by atoms with Gasteiger partial charge in [-0.25, -0.2) is 0 Å². The van der Waals surface area contributed by atoms with Crippen LogP contribution in [0.15, 0.2) is 33.7 Å². The second kappa shape index (κ2) is 8.39. The van der Waals surface area contributed by atoms with E-state index < -0.39 is 0 Å². The van der Waals surface area contributed by atoms with Gasteiger partial charge < -0.3 is 4.90 Å². The minimum Gasteiger partial charge on any atom is -0.333 e. The van der Waals surface area contributed by atoms with Crippen LogP contribution in [0.25, 0.3) is 0 Å². The Balaban J connectivity index is 1.73. The van der Waals surface area contributed by atoms with Crippen LogP contribution < -0.4 is 4.90 Å². The van der Waals surface area contributed by atoms with Crippen LogP contribution >= 0.6 is 27.7 Å². The number of benzene rings is 1. The van der Waals surface area contributed by atoms with Crippen molar-refractivity contribution in [3.05, 3.63) is 28.7 Å². The number of halogens is 1. The van der Waals surface area contributed by atoms with Crippen LogP contribution in [0.2, 0.25) is 0 Å². The molecule has 1 aliphatic heterocycles. The van der Waals surface area contributed by atoms with Crippen molar-refractivity contribution >= 4 is 45.0 Å². The summed E-state index contributed by atoms with van der Waals surface area (Å²) in [5.41, 5.74) is 0.918. The number of carbonyl (C=O) groups excluding carboxylic acids is 1. The molecule has 1 aromatic carbocycles. The molecule has 1 atom stereocenters. The fourth-order valence-corrected chi connectivity index (χ4v) is 4.84. The molecule has 24 heavy (non-hydrogen) atoms. The Morgan fingerprint density at radius 1 is 1.21 bits per heavy atom. The average molecular weight is 410 g/mol. The quantitative estimate of drug-likeness (QED) is 0.542. The van der Waals surface area contributed by atoms with Gasteiger partial charge in [0.2, 0.25) is 6.41 Å². The lowest BCUT2D eigenvalue weighted by molar-refractivity contribution is -0.108. The number of amidine groups is 1.